The Hall–Kier alpha value is -0.650. The largest absolute Gasteiger partial charge is 0.480 e. The molecule has 1 aliphatic rings. The first-order chi connectivity index (χ1) is 5.04. The molecule has 0 bridgehead atoms. The molecule has 1 aliphatic heterocycles. The molecular formula is C6H11NO4. The Morgan fingerprint density at radius 1 is 1.36 bits per heavy atom. The van der Waals surface area contributed by atoms with E-state index in [0.717, 1.165) is 0 Å². The van der Waals surface area contributed by atoms with Gasteiger partial charge in [0.05, 0.1) is 6.10 Å². The van der Waals surface area contributed by atoms with Crippen LogP contribution in [0.25, 0.3) is 0 Å². The highest BCUT2D eigenvalue weighted by atomic mass is 16.4. The summed E-state index contributed by atoms with van der Waals surface area (Å²) < 4.78 is 0. The number of carbonyl (C=O) groups is 1. The van der Waals surface area contributed by atoms with Crippen LogP contribution in [-0.4, -0.2) is 45.6 Å². The zero-order chi connectivity index (χ0) is 8.59. The van der Waals surface area contributed by atoms with Crippen molar-refractivity contribution in [2.75, 3.05) is 0 Å². The van der Waals surface area contributed by atoms with Crippen molar-refractivity contribution >= 4 is 5.97 Å². The number of aliphatic carboxylic acids is 1. The second-order valence-electron chi connectivity index (χ2n) is 2.75. The first-order valence-electron chi connectivity index (χ1n) is 3.39. The van der Waals surface area contributed by atoms with Crippen molar-refractivity contribution in [3.8, 4) is 0 Å². The van der Waals surface area contributed by atoms with Crippen LogP contribution in [0.15, 0.2) is 0 Å². The van der Waals surface area contributed by atoms with E-state index < -0.39 is 24.2 Å². The molecule has 1 heterocycles. The molecule has 0 aromatic carbocycles. The average molecular weight is 161 g/mol. The Kier molecular flexibility index (Phi) is 2.12. The molecule has 0 unspecified atom stereocenters. The number of carboxylic acids is 1. The van der Waals surface area contributed by atoms with Crippen LogP contribution in [0.4, 0.5) is 0 Å². The third kappa shape index (κ3) is 1.35. The summed E-state index contributed by atoms with van der Waals surface area (Å²) >= 11 is 0. The second-order valence-corrected chi connectivity index (χ2v) is 2.75. The topological polar surface area (TPSA) is 89.8 Å². The smallest absolute Gasteiger partial charge is 0.323 e. The van der Waals surface area contributed by atoms with E-state index in [0.29, 0.717) is 0 Å². The Balaban J connectivity index is 2.67. The van der Waals surface area contributed by atoms with Crippen molar-refractivity contribution < 1.29 is 20.1 Å². The Morgan fingerprint density at radius 2 is 1.91 bits per heavy atom. The molecule has 1 rings (SSSR count). The molecule has 5 nitrogen and oxygen atoms in total. The minimum Gasteiger partial charge on any atom is -0.480 e. The maximum Gasteiger partial charge on any atom is 0.323 e. The van der Waals surface area contributed by atoms with Crippen LogP contribution in [0.1, 0.15) is 6.92 Å². The highest BCUT2D eigenvalue weighted by molar-refractivity contribution is 5.75. The van der Waals surface area contributed by atoms with Crippen molar-refractivity contribution in [2.24, 2.45) is 0 Å². The van der Waals surface area contributed by atoms with Crippen LogP contribution < -0.4 is 5.32 Å². The average Bonchev–Trinajstić information content (AvgIpc) is 2.17. The van der Waals surface area contributed by atoms with E-state index in [2.05, 4.69) is 5.32 Å². The van der Waals surface area contributed by atoms with Gasteiger partial charge >= 0.3 is 5.97 Å². The van der Waals surface area contributed by atoms with E-state index in [9.17, 15) is 4.79 Å². The summed E-state index contributed by atoms with van der Waals surface area (Å²) in [4.78, 5) is 10.4. The molecular weight excluding hydrogens is 150 g/mol. The van der Waals surface area contributed by atoms with Crippen LogP contribution in [0.3, 0.4) is 0 Å². The van der Waals surface area contributed by atoms with Crippen LogP contribution in [-0.2, 0) is 4.79 Å². The number of carboxylic acid groups (broad SMARTS) is 1. The van der Waals surface area contributed by atoms with Crippen molar-refractivity contribution in [1.29, 1.82) is 0 Å². The van der Waals surface area contributed by atoms with Gasteiger partial charge in [0.15, 0.2) is 0 Å². The van der Waals surface area contributed by atoms with Crippen LogP contribution in [0, 0.1) is 0 Å². The van der Waals surface area contributed by atoms with Gasteiger partial charge in [-0.3, -0.25) is 10.1 Å². The zero-order valence-corrected chi connectivity index (χ0v) is 6.06. The van der Waals surface area contributed by atoms with Crippen molar-refractivity contribution in [3.63, 3.8) is 0 Å². The quantitative estimate of drug-likeness (QED) is 0.362. The number of nitrogens with one attached hydrogen (secondary N) is 1. The summed E-state index contributed by atoms with van der Waals surface area (Å²) in [5.74, 6) is -1.14. The molecule has 0 aliphatic carbocycles. The molecule has 11 heavy (non-hydrogen) atoms. The van der Waals surface area contributed by atoms with E-state index >= 15 is 0 Å². The van der Waals surface area contributed by atoms with Gasteiger partial charge in [0, 0.05) is 6.04 Å². The van der Waals surface area contributed by atoms with Crippen molar-refractivity contribution in [1.82, 2.24) is 5.32 Å². The van der Waals surface area contributed by atoms with Gasteiger partial charge in [0.2, 0.25) is 0 Å². The van der Waals surface area contributed by atoms with Gasteiger partial charge in [-0.15, -0.1) is 0 Å². The van der Waals surface area contributed by atoms with E-state index in [1.54, 1.807) is 6.92 Å². The Morgan fingerprint density at radius 3 is 2.09 bits per heavy atom. The van der Waals surface area contributed by atoms with E-state index in [1.165, 1.54) is 0 Å². The van der Waals surface area contributed by atoms with Gasteiger partial charge in [-0.05, 0) is 6.92 Å². The lowest BCUT2D eigenvalue weighted by Crippen LogP contribution is -2.40. The monoisotopic (exact) mass is 161 g/mol. The normalized spacial score (nSPS) is 44.3. The standard InChI is InChI=1S/C6H11NO4/c1-2-4(8)5(9)3(7-2)6(10)11/h2-5,7-9H,1H3,(H,10,11)/t2-,3-,4-,5+/m1/s1. The molecule has 0 aromatic heterocycles. The number of rotatable bonds is 1. The molecule has 0 aromatic rings. The highest BCUT2D eigenvalue weighted by Crippen LogP contribution is 2.13. The Bertz CT molecular complexity index is 172. The summed E-state index contributed by atoms with van der Waals surface area (Å²) in [7, 11) is 0. The lowest BCUT2D eigenvalue weighted by molar-refractivity contribution is -0.142. The fourth-order valence-electron chi connectivity index (χ4n) is 1.19. The summed E-state index contributed by atoms with van der Waals surface area (Å²) in [6, 6.07) is -1.41. The van der Waals surface area contributed by atoms with Gasteiger partial charge in [-0.25, -0.2) is 0 Å². The van der Waals surface area contributed by atoms with Gasteiger partial charge in [-0.1, -0.05) is 0 Å². The SMILES string of the molecule is C[C@H]1N[C@@H](C(=O)O)[C@H](O)[C@@H]1O. The molecule has 0 saturated carbocycles. The molecule has 1 fully saturated rings. The predicted molar refractivity (Wildman–Crippen MR) is 36.0 cm³/mol. The minimum absolute atomic E-state index is 0.369. The zero-order valence-electron chi connectivity index (χ0n) is 6.06. The molecule has 5 heteroatoms. The van der Waals surface area contributed by atoms with Crippen LogP contribution in [0.2, 0.25) is 0 Å². The lowest BCUT2D eigenvalue weighted by Gasteiger charge is -2.10. The highest BCUT2D eigenvalue weighted by Gasteiger charge is 2.42. The number of hydrogen-bond acceptors (Lipinski definition) is 4. The fourth-order valence-corrected chi connectivity index (χ4v) is 1.19. The number of aliphatic hydroxyl groups excluding tert-OH is 2. The third-order valence-corrected chi connectivity index (χ3v) is 1.91. The van der Waals surface area contributed by atoms with Crippen molar-refractivity contribution in [3.05, 3.63) is 0 Å². The van der Waals surface area contributed by atoms with Gasteiger partial charge in [0.1, 0.15) is 12.1 Å². The summed E-state index contributed by atoms with van der Waals surface area (Å²) in [6.07, 6.45) is -2.20. The molecule has 1 saturated heterocycles. The van der Waals surface area contributed by atoms with Gasteiger partial charge < -0.3 is 15.3 Å². The first kappa shape index (κ1) is 8.45. The minimum atomic E-state index is -1.21. The molecule has 64 valence electrons. The van der Waals surface area contributed by atoms with E-state index in [1.807, 2.05) is 0 Å². The number of aliphatic hydroxyl groups is 2. The molecule has 0 spiro atoms. The van der Waals surface area contributed by atoms with E-state index in [-0.39, 0.29) is 6.04 Å². The molecule has 0 radical (unpaired) electrons. The van der Waals surface area contributed by atoms with Gasteiger partial charge in [-0.2, -0.15) is 0 Å². The number of hydrogen-bond donors (Lipinski definition) is 4. The predicted octanol–water partition coefficient (Wildman–Crippen LogP) is -1.85. The maximum atomic E-state index is 10.4. The first-order valence-corrected chi connectivity index (χ1v) is 3.39. The van der Waals surface area contributed by atoms with Crippen LogP contribution >= 0.6 is 0 Å². The fraction of sp³-hybridized carbons (Fsp3) is 0.833. The molecule has 4 N–H and O–H groups in total. The summed E-state index contributed by atoms with van der Waals surface area (Å²) in [5.41, 5.74) is 0. The summed E-state index contributed by atoms with van der Waals surface area (Å²) in [5, 5.41) is 29.3. The van der Waals surface area contributed by atoms with Crippen LogP contribution in [0.5, 0.6) is 0 Å². The Labute approximate surface area is 63.7 Å². The second kappa shape index (κ2) is 2.77. The molecule has 0 amide bonds. The third-order valence-electron chi connectivity index (χ3n) is 1.91. The summed E-state index contributed by atoms with van der Waals surface area (Å²) in [6.45, 7) is 1.62. The molecule has 4 atom stereocenters. The van der Waals surface area contributed by atoms with Gasteiger partial charge in [0.25, 0.3) is 0 Å². The van der Waals surface area contributed by atoms with Crippen molar-refractivity contribution in [2.45, 2.75) is 31.2 Å². The maximum absolute atomic E-state index is 10.4. The van der Waals surface area contributed by atoms with E-state index in [4.69, 9.17) is 15.3 Å². The lowest BCUT2D eigenvalue weighted by atomic mass is 10.1.